The average molecular weight is 325 g/mol. The number of halogens is 2. The van der Waals surface area contributed by atoms with Crippen molar-refractivity contribution >= 4 is 50.4 Å². The fourth-order valence-corrected chi connectivity index (χ4v) is 3.99. The van der Waals surface area contributed by atoms with Crippen molar-refractivity contribution in [3.63, 3.8) is 0 Å². The Hall–Kier alpha value is -0.960. The summed E-state index contributed by atoms with van der Waals surface area (Å²) in [6.45, 7) is 1.56. The van der Waals surface area contributed by atoms with E-state index in [1.54, 1.807) is 6.92 Å². The molecule has 0 fully saturated rings. The van der Waals surface area contributed by atoms with Gasteiger partial charge in [0.15, 0.2) is 19.6 Å². The molecule has 0 spiro atoms. The van der Waals surface area contributed by atoms with Crippen LogP contribution in [-0.4, -0.2) is 23.6 Å². The zero-order valence-corrected chi connectivity index (χ0v) is 12.0. The van der Waals surface area contributed by atoms with Crippen LogP contribution in [0.25, 0.3) is 0 Å². The first-order chi connectivity index (χ1) is 8.38. The lowest BCUT2D eigenvalue weighted by Crippen LogP contribution is -2.14. The summed E-state index contributed by atoms with van der Waals surface area (Å²) in [5.74, 6) is 0.0725. The molecule has 0 amide bonds. The standard InChI is InChI=1S/C8H6Cl2N4O2S2/c1-4-7(17-8(10)11-4)18(15,16)14-6-3-2-5(9)12-13-6/h2-3H,1H3,(H,13,14). The molecule has 2 aromatic heterocycles. The minimum atomic E-state index is -3.76. The summed E-state index contributed by atoms with van der Waals surface area (Å²) in [4.78, 5) is 3.84. The van der Waals surface area contributed by atoms with Crippen molar-refractivity contribution in [1.82, 2.24) is 15.2 Å². The predicted molar refractivity (Wildman–Crippen MR) is 69.7 cm³/mol. The summed E-state index contributed by atoms with van der Waals surface area (Å²) in [7, 11) is -3.76. The molecule has 1 N–H and O–H groups in total. The van der Waals surface area contributed by atoms with Crippen molar-refractivity contribution in [1.29, 1.82) is 0 Å². The normalized spacial score (nSPS) is 11.5. The third-order valence-corrected chi connectivity index (χ3v) is 5.27. The molecule has 2 aromatic rings. The molecular weight excluding hydrogens is 319 g/mol. The molecule has 0 bridgehead atoms. The number of thiazole rings is 1. The highest BCUT2D eigenvalue weighted by Gasteiger charge is 2.22. The van der Waals surface area contributed by atoms with Gasteiger partial charge < -0.3 is 0 Å². The van der Waals surface area contributed by atoms with E-state index in [0.717, 1.165) is 11.3 Å². The Morgan fingerprint density at radius 2 is 2.00 bits per heavy atom. The Kier molecular flexibility index (Phi) is 3.71. The SMILES string of the molecule is Cc1nc(Cl)sc1S(=O)(=O)Nc1ccc(Cl)nn1. The minimum absolute atomic E-state index is 0.0456. The summed E-state index contributed by atoms with van der Waals surface area (Å²) in [6.07, 6.45) is 0. The van der Waals surface area contributed by atoms with Crippen LogP contribution in [0.5, 0.6) is 0 Å². The van der Waals surface area contributed by atoms with Gasteiger partial charge in [-0.2, -0.15) is 0 Å². The molecule has 6 nitrogen and oxygen atoms in total. The van der Waals surface area contributed by atoms with Crippen LogP contribution in [0.3, 0.4) is 0 Å². The van der Waals surface area contributed by atoms with E-state index in [9.17, 15) is 8.42 Å². The quantitative estimate of drug-likeness (QED) is 0.936. The molecule has 0 saturated heterocycles. The second-order valence-corrected chi connectivity index (χ2v) is 7.03. The molecule has 0 aromatic carbocycles. The van der Waals surface area contributed by atoms with Crippen molar-refractivity contribution in [3.8, 4) is 0 Å². The third kappa shape index (κ3) is 2.89. The monoisotopic (exact) mass is 324 g/mol. The second-order valence-electron chi connectivity index (χ2n) is 3.19. The highest BCUT2D eigenvalue weighted by molar-refractivity contribution is 7.94. The molecule has 96 valence electrons. The lowest BCUT2D eigenvalue weighted by molar-refractivity contribution is 0.602. The van der Waals surface area contributed by atoms with E-state index in [2.05, 4.69) is 19.9 Å². The number of nitrogens with zero attached hydrogens (tertiary/aromatic N) is 3. The first-order valence-electron chi connectivity index (χ1n) is 4.53. The van der Waals surface area contributed by atoms with Crippen molar-refractivity contribution in [2.45, 2.75) is 11.1 Å². The van der Waals surface area contributed by atoms with Crippen LogP contribution in [0, 0.1) is 6.92 Å². The van der Waals surface area contributed by atoms with Gasteiger partial charge in [0, 0.05) is 0 Å². The van der Waals surface area contributed by atoms with E-state index in [1.165, 1.54) is 12.1 Å². The van der Waals surface area contributed by atoms with Gasteiger partial charge in [0.05, 0.1) is 5.69 Å². The molecule has 0 atom stereocenters. The van der Waals surface area contributed by atoms with Gasteiger partial charge in [-0.05, 0) is 19.1 Å². The van der Waals surface area contributed by atoms with Crippen LogP contribution in [0.15, 0.2) is 16.3 Å². The Morgan fingerprint density at radius 3 is 2.50 bits per heavy atom. The number of nitrogens with one attached hydrogen (secondary N) is 1. The summed E-state index contributed by atoms with van der Waals surface area (Å²) in [5, 5.41) is 7.32. The summed E-state index contributed by atoms with van der Waals surface area (Å²) >= 11 is 12.1. The zero-order chi connectivity index (χ0) is 13.3. The molecule has 0 unspecified atom stereocenters. The highest BCUT2D eigenvalue weighted by Crippen LogP contribution is 2.27. The molecule has 0 saturated carbocycles. The maximum atomic E-state index is 12.0. The van der Waals surface area contributed by atoms with Crippen LogP contribution in [0.2, 0.25) is 9.62 Å². The Morgan fingerprint density at radius 1 is 1.28 bits per heavy atom. The lowest BCUT2D eigenvalue weighted by atomic mass is 10.5. The van der Waals surface area contributed by atoms with E-state index in [0.29, 0.717) is 5.69 Å². The van der Waals surface area contributed by atoms with E-state index in [-0.39, 0.29) is 19.6 Å². The highest BCUT2D eigenvalue weighted by atomic mass is 35.5. The molecule has 10 heteroatoms. The van der Waals surface area contributed by atoms with Crippen molar-refractivity contribution < 1.29 is 8.42 Å². The largest absolute Gasteiger partial charge is 0.274 e. The van der Waals surface area contributed by atoms with Gasteiger partial charge in [-0.25, -0.2) is 13.4 Å². The van der Waals surface area contributed by atoms with Gasteiger partial charge in [-0.3, -0.25) is 4.72 Å². The van der Waals surface area contributed by atoms with Gasteiger partial charge in [-0.15, -0.1) is 10.2 Å². The summed E-state index contributed by atoms with van der Waals surface area (Å²) in [6, 6.07) is 2.84. The third-order valence-electron chi connectivity index (χ3n) is 1.84. The topological polar surface area (TPSA) is 84.8 Å². The molecule has 18 heavy (non-hydrogen) atoms. The van der Waals surface area contributed by atoms with E-state index < -0.39 is 10.0 Å². The van der Waals surface area contributed by atoms with Crippen molar-refractivity contribution in [2.24, 2.45) is 0 Å². The molecule has 0 radical (unpaired) electrons. The Labute approximate surface area is 117 Å². The number of hydrogen-bond donors (Lipinski definition) is 1. The van der Waals surface area contributed by atoms with Crippen LogP contribution in [0.1, 0.15) is 5.69 Å². The Bertz CT molecular complexity index is 669. The average Bonchev–Trinajstić information content (AvgIpc) is 2.62. The summed E-state index contributed by atoms with van der Waals surface area (Å²) in [5.41, 5.74) is 0.333. The number of sulfonamides is 1. The van der Waals surface area contributed by atoms with Gasteiger partial charge >= 0.3 is 0 Å². The molecule has 0 aliphatic heterocycles. The number of anilines is 1. The lowest BCUT2D eigenvalue weighted by Gasteiger charge is -2.04. The number of rotatable bonds is 3. The molecule has 2 rings (SSSR count). The smallest absolute Gasteiger partial charge is 0.261 e. The van der Waals surface area contributed by atoms with Crippen molar-refractivity contribution in [2.75, 3.05) is 4.72 Å². The van der Waals surface area contributed by atoms with Gasteiger partial charge in [0.2, 0.25) is 0 Å². The number of aryl methyl sites for hydroxylation is 1. The van der Waals surface area contributed by atoms with Crippen LogP contribution >= 0.6 is 34.5 Å². The fourth-order valence-electron chi connectivity index (χ4n) is 1.15. The van der Waals surface area contributed by atoms with Gasteiger partial charge in [0.1, 0.15) is 0 Å². The molecule has 0 aliphatic rings. The first kappa shape index (κ1) is 13.5. The number of hydrogen-bond acceptors (Lipinski definition) is 6. The minimum Gasteiger partial charge on any atom is -0.261 e. The van der Waals surface area contributed by atoms with Crippen LogP contribution in [0.4, 0.5) is 5.82 Å². The fraction of sp³-hybridized carbons (Fsp3) is 0.125. The number of aromatic nitrogens is 3. The molecule has 2 heterocycles. The van der Waals surface area contributed by atoms with E-state index in [4.69, 9.17) is 23.2 Å². The maximum Gasteiger partial charge on any atom is 0.274 e. The summed E-state index contributed by atoms with van der Waals surface area (Å²) < 4.78 is 26.5. The Balaban J connectivity index is 2.33. The molecular formula is C8H6Cl2N4O2S2. The zero-order valence-electron chi connectivity index (χ0n) is 8.89. The van der Waals surface area contributed by atoms with Crippen molar-refractivity contribution in [3.05, 3.63) is 27.4 Å². The first-order valence-corrected chi connectivity index (χ1v) is 7.59. The molecule has 0 aliphatic carbocycles. The van der Waals surface area contributed by atoms with Gasteiger partial charge in [0.25, 0.3) is 10.0 Å². The van der Waals surface area contributed by atoms with Crippen LogP contribution in [-0.2, 0) is 10.0 Å². The van der Waals surface area contributed by atoms with Crippen LogP contribution < -0.4 is 4.72 Å². The van der Waals surface area contributed by atoms with Gasteiger partial charge in [-0.1, -0.05) is 34.5 Å². The predicted octanol–water partition coefficient (Wildman–Crippen LogP) is 2.35. The maximum absolute atomic E-state index is 12.0. The van der Waals surface area contributed by atoms with E-state index in [1.807, 2.05) is 0 Å². The second kappa shape index (κ2) is 4.96. The van der Waals surface area contributed by atoms with E-state index >= 15 is 0 Å².